The summed E-state index contributed by atoms with van der Waals surface area (Å²) >= 11 is 1.84. The van der Waals surface area contributed by atoms with Crippen LogP contribution in [0.5, 0.6) is 0 Å². The predicted molar refractivity (Wildman–Crippen MR) is 76.2 cm³/mol. The number of hydrogen-bond donors (Lipinski definition) is 1. The van der Waals surface area contributed by atoms with Gasteiger partial charge < -0.3 is 5.11 Å². The molecule has 0 aliphatic heterocycles. The van der Waals surface area contributed by atoms with Crippen LogP contribution in [0.15, 0.2) is 0 Å². The molecular weight excluding hydrogens is 216 g/mol. The zero-order valence-corrected chi connectivity index (χ0v) is 12.0. The first kappa shape index (κ1) is 16.3. The summed E-state index contributed by atoms with van der Waals surface area (Å²) in [5, 5.41) is 9.63. The highest BCUT2D eigenvalue weighted by Crippen LogP contribution is 2.12. The molecule has 0 saturated heterocycles. The average Bonchev–Trinajstić information content (AvgIpc) is 2.30. The second-order valence-corrected chi connectivity index (χ2v) is 5.90. The van der Waals surface area contributed by atoms with Gasteiger partial charge >= 0.3 is 0 Å². The number of aliphatic hydroxyl groups excluding tert-OH is 1. The fourth-order valence-corrected chi connectivity index (χ4v) is 2.53. The van der Waals surface area contributed by atoms with Crippen LogP contribution in [0, 0.1) is 0 Å². The van der Waals surface area contributed by atoms with E-state index in [1.165, 1.54) is 51.4 Å². The van der Waals surface area contributed by atoms with Crippen molar-refractivity contribution in [2.24, 2.45) is 0 Å². The van der Waals surface area contributed by atoms with E-state index in [2.05, 4.69) is 13.8 Å². The van der Waals surface area contributed by atoms with Crippen LogP contribution in [0.25, 0.3) is 0 Å². The molecule has 1 unspecified atom stereocenters. The van der Waals surface area contributed by atoms with Gasteiger partial charge in [0.1, 0.15) is 0 Å². The Morgan fingerprint density at radius 1 is 0.875 bits per heavy atom. The van der Waals surface area contributed by atoms with E-state index in [0.717, 1.165) is 17.9 Å². The number of thioether (sulfide) groups is 1. The molecule has 16 heavy (non-hydrogen) atoms. The highest BCUT2D eigenvalue weighted by molar-refractivity contribution is 7.99. The van der Waals surface area contributed by atoms with Crippen LogP contribution in [-0.2, 0) is 0 Å². The molecular formula is C14H30OS. The molecule has 0 saturated carbocycles. The van der Waals surface area contributed by atoms with Crippen LogP contribution in [0.3, 0.4) is 0 Å². The highest BCUT2D eigenvalue weighted by atomic mass is 32.2. The molecule has 0 aliphatic carbocycles. The van der Waals surface area contributed by atoms with Crippen LogP contribution in [-0.4, -0.2) is 22.7 Å². The van der Waals surface area contributed by atoms with Crippen molar-refractivity contribution in [1.82, 2.24) is 0 Å². The standard InChI is InChI=1S/C14H30OS/c1-3-5-6-7-8-9-10-11-12-14(15)13-16-4-2/h14-15H,3-13H2,1-2H3. The van der Waals surface area contributed by atoms with Gasteiger partial charge in [0.15, 0.2) is 0 Å². The zero-order valence-electron chi connectivity index (χ0n) is 11.2. The third-order valence-corrected chi connectivity index (χ3v) is 3.93. The van der Waals surface area contributed by atoms with E-state index in [9.17, 15) is 5.11 Å². The molecule has 0 aromatic carbocycles. The molecule has 0 aliphatic rings. The molecule has 1 atom stereocenters. The van der Waals surface area contributed by atoms with Gasteiger partial charge in [-0.15, -0.1) is 0 Å². The van der Waals surface area contributed by atoms with Gasteiger partial charge in [0.2, 0.25) is 0 Å². The maximum Gasteiger partial charge on any atom is 0.0630 e. The lowest BCUT2D eigenvalue weighted by Crippen LogP contribution is -2.09. The van der Waals surface area contributed by atoms with Crippen LogP contribution >= 0.6 is 11.8 Å². The molecule has 0 radical (unpaired) electrons. The smallest absolute Gasteiger partial charge is 0.0630 e. The summed E-state index contributed by atoms with van der Waals surface area (Å²) in [5.41, 5.74) is 0. The first-order valence-corrected chi connectivity index (χ1v) is 8.22. The molecule has 98 valence electrons. The van der Waals surface area contributed by atoms with E-state index in [1.807, 2.05) is 11.8 Å². The van der Waals surface area contributed by atoms with Gasteiger partial charge in [0.05, 0.1) is 6.10 Å². The van der Waals surface area contributed by atoms with Crippen molar-refractivity contribution < 1.29 is 5.11 Å². The summed E-state index contributed by atoms with van der Waals surface area (Å²) in [4.78, 5) is 0. The van der Waals surface area contributed by atoms with E-state index in [4.69, 9.17) is 0 Å². The summed E-state index contributed by atoms with van der Waals surface area (Å²) in [6.45, 7) is 4.41. The molecule has 2 heteroatoms. The van der Waals surface area contributed by atoms with Crippen molar-refractivity contribution in [2.75, 3.05) is 11.5 Å². The molecule has 0 aromatic heterocycles. The van der Waals surface area contributed by atoms with Gasteiger partial charge in [-0.25, -0.2) is 0 Å². The second-order valence-electron chi connectivity index (χ2n) is 4.58. The topological polar surface area (TPSA) is 20.2 Å². The Labute approximate surface area is 106 Å². The van der Waals surface area contributed by atoms with Crippen molar-refractivity contribution in [3.05, 3.63) is 0 Å². The van der Waals surface area contributed by atoms with Gasteiger partial charge in [0, 0.05) is 5.75 Å². The number of unbranched alkanes of at least 4 members (excludes halogenated alkanes) is 7. The third kappa shape index (κ3) is 12.4. The van der Waals surface area contributed by atoms with Crippen molar-refractivity contribution >= 4 is 11.8 Å². The summed E-state index contributed by atoms with van der Waals surface area (Å²) in [7, 11) is 0. The van der Waals surface area contributed by atoms with Crippen LogP contribution in [0.4, 0.5) is 0 Å². The summed E-state index contributed by atoms with van der Waals surface area (Å²) in [6.07, 6.45) is 11.7. The third-order valence-electron chi connectivity index (χ3n) is 2.91. The van der Waals surface area contributed by atoms with Crippen molar-refractivity contribution in [3.63, 3.8) is 0 Å². The number of rotatable bonds is 12. The van der Waals surface area contributed by atoms with E-state index in [0.29, 0.717) is 0 Å². The van der Waals surface area contributed by atoms with Gasteiger partial charge in [-0.3, -0.25) is 0 Å². The summed E-state index contributed by atoms with van der Waals surface area (Å²) < 4.78 is 0. The Morgan fingerprint density at radius 3 is 2.00 bits per heavy atom. The lowest BCUT2D eigenvalue weighted by Gasteiger charge is -2.08. The normalized spacial score (nSPS) is 12.9. The fraction of sp³-hybridized carbons (Fsp3) is 1.00. The molecule has 0 fully saturated rings. The second kappa shape index (κ2) is 13.4. The summed E-state index contributed by atoms with van der Waals surface area (Å²) in [5.74, 6) is 2.04. The number of aliphatic hydroxyl groups is 1. The minimum Gasteiger partial charge on any atom is -0.392 e. The monoisotopic (exact) mass is 246 g/mol. The first-order chi connectivity index (χ1) is 7.81. The van der Waals surface area contributed by atoms with E-state index in [-0.39, 0.29) is 6.10 Å². The minimum atomic E-state index is -0.0648. The Bertz CT molecular complexity index is 128. The van der Waals surface area contributed by atoms with Crippen LogP contribution in [0.1, 0.15) is 71.6 Å². The van der Waals surface area contributed by atoms with Gasteiger partial charge in [-0.2, -0.15) is 11.8 Å². The van der Waals surface area contributed by atoms with Gasteiger partial charge in [-0.05, 0) is 12.2 Å². The maximum absolute atomic E-state index is 9.63. The molecule has 0 amide bonds. The lowest BCUT2D eigenvalue weighted by atomic mass is 10.1. The average molecular weight is 246 g/mol. The first-order valence-electron chi connectivity index (χ1n) is 7.07. The molecule has 1 nitrogen and oxygen atoms in total. The van der Waals surface area contributed by atoms with Gasteiger partial charge in [0.25, 0.3) is 0 Å². The van der Waals surface area contributed by atoms with Crippen molar-refractivity contribution in [1.29, 1.82) is 0 Å². The predicted octanol–water partition coefficient (Wildman–Crippen LogP) is 4.63. The van der Waals surface area contributed by atoms with Crippen molar-refractivity contribution in [2.45, 2.75) is 77.7 Å². The Kier molecular flexibility index (Phi) is 13.6. The number of hydrogen-bond acceptors (Lipinski definition) is 2. The lowest BCUT2D eigenvalue weighted by molar-refractivity contribution is 0.185. The summed E-state index contributed by atoms with van der Waals surface area (Å²) in [6, 6.07) is 0. The van der Waals surface area contributed by atoms with Crippen LogP contribution < -0.4 is 0 Å². The largest absolute Gasteiger partial charge is 0.392 e. The Balaban J connectivity index is 3.02. The Morgan fingerprint density at radius 2 is 1.44 bits per heavy atom. The highest BCUT2D eigenvalue weighted by Gasteiger charge is 2.02. The fourth-order valence-electron chi connectivity index (χ4n) is 1.85. The van der Waals surface area contributed by atoms with E-state index in [1.54, 1.807) is 0 Å². The van der Waals surface area contributed by atoms with E-state index >= 15 is 0 Å². The van der Waals surface area contributed by atoms with Crippen LogP contribution in [0.2, 0.25) is 0 Å². The quantitative estimate of drug-likeness (QED) is 0.507. The zero-order chi connectivity index (χ0) is 12.1. The molecule has 0 aromatic rings. The molecule has 0 bridgehead atoms. The maximum atomic E-state index is 9.63. The molecule has 0 heterocycles. The Hall–Kier alpha value is 0.310. The molecule has 0 rings (SSSR count). The van der Waals surface area contributed by atoms with Gasteiger partial charge in [-0.1, -0.05) is 65.2 Å². The SMILES string of the molecule is CCCCCCCCCCC(O)CSCC. The molecule has 0 spiro atoms. The molecule has 1 N–H and O–H groups in total. The minimum absolute atomic E-state index is 0.0648. The van der Waals surface area contributed by atoms with E-state index < -0.39 is 0 Å². The van der Waals surface area contributed by atoms with Crippen molar-refractivity contribution in [3.8, 4) is 0 Å².